The predicted octanol–water partition coefficient (Wildman–Crippen LogP) is 3.46. The van der Waals surface area contributed by atoms with E-state index in [0.29, 0.717) is 0 Å². The van der Waals surface area contributed by atoms with Crippen LogP contribution in [-0.4, -0.2) is 11.1 Å². The maximum Gasteiger partial charge on any atom is 0.300 e. The Kier molecular flexibility index (Phi) is 15.9. The zero-order chi connectivity index (χ0) is 12.1. The minimum Gasteiger partial charge on any atom is -0.481 e. The van der Waals surface area contributed by atoms with Crippen LogP contribution in [0.5, 0.6) is 0 Å². The average molecular weight is 417 g/mol. The molecule has 2 aromatic rings. The van der Waals surface area contributed by atoms with E-state index in [0.717, 1.165) is 6.92 Å². The normalized spacial score (nSPS) is 7.12. The SMILES string of the molecule is CC(=O)O.[Hg].c1ccccc1.c1ccccc1. The van der Waals surface area contributed by atoms with Gasteiger partial charge in [0, 0.05) is 34.6 Å². The van der Waals surface area contributed by atoms with E-state index in [4.69, 9.17) is 9.90 Å². The molecule has 86 valence electrons. The van der Waals surface area contributed by atoms with Gasteiger partial charge in [0.05, 0.1) is 0 Å². The molecule has 0 saturated heterocycles. The molecule has 2 aromatic carbocycles. The van der Waals surface area contributed by atoms with Crippen LogP contribution in [0, 0.1) is 0 Å². The van der Waals surface area contributed by atoms with Crippen LogP contribution in [0.3, 0.4) is 0 Å². The minimum absolute atomic E-state index is 0. The van der Waals surface area contributed by atoms with Gasteiger partial charge in [-0.05, 0) is 0 Å². The summed E-state index contributed by atoms with van der Waals surface area (Å²) in [7, 11) is 0. The van der Waals surface area contributed by atoms with Gasteiger partial charge in [-0.2, -0.15) is 0 Å². The second-order valence-electron chi connectivity index (χ2n) is 2.83. The molecular formula is C14H16HgO2. The fraction of sp³-hybridized carbons (Fsp3) is 0.0714. The first-order valence-corrected chi connectivity index (χ1v) is 4.93. The Morgan fingerprint density at radius 2 is 0.706 bits per heavy atom. The summed E-state index contributed by atoms with van der Waals surface area (Å²) in [5.74, 6) is -0.833. The van der Waals surface area contributed by atoms with Crippen molar-refractivity contribution in [1.82, 2.24) is 0 Å². The van der Waals surface area contributed by atoms with Crippen LogP contribution in [0.1, 0.15) is 6.92 Å². The van der Waals surface area contributed by atoms with Crippen LogP contribution < -0.4 is 0 Å². The van der Waals surface area contributed by atoms with Crippen molar-refractivity contribution >= 4 is 5.97 Å². The van der Waals surface area contributed by atoms with E-state index in [1.807, 2.05) is 72.8 Å². The van der Waals surface area contributed by atoms with Gasteiger partial charge in [0.25, 0.3) is 5.97 Å². The number of hydrogen-bond donors (Lipinski definition) is 1. The Hall–Kier alpha value is -1.15. The number of carboxylic acid groups (broad SMARTS) is 1. The molecular weight excluding hydrogens is 401 g/mol. The van der Waals surface area contributed by atoms with Gasteiger partial charge < -0.3 is 5.11 Å². The predicted molar refractivity (Wildman–Crippen MR) is 66.2 cm³/mol. The molecule has 1 N–H and O–H groups in total. The number of rotatable bonds is 0. The van der Waals surface area contributed by atoms with E-state index in [-0.39, 0.29) is 27.7 Å². The Balaban J connectivity index is 0. The van der Waals surface area contributed by atoms with Crippen molar-refractivity contribution in [2.24, 2.45) is 0 Å². The van der Waals surface area contributed by atoms with Crippen LogP contribution in [-0.2, 0) is 32.5 Å². The number of hydrogen-bond acceptors (Lipinski definition) is 1. The van der Waals surface area contributed by atoms with Crippen molar-refractivity contribution in [2.75, 3.05) is 0 Å². The zero-order valence-corrected chi connectivity index (χ0v) is 15.5. The Morgan fingerprint density at radius 3 is 0.765 bits per heavy atom. The topological polar surface area (TPSA) is 37.3 Å². The van der Waals surface area contributed by atoms with Crippen molar-refractivity contribution in [3.63, 3.8) is 0 Å². The molecule has 0 spiro atoms. The fourth-order valence-corrected chi connectivity index (χ4v) is 0.770. The molecule has 0 radical (unpaired) electrons. The number of aliphatic carboxylic acids is 1. The Labute approximate surface area is 123 Å². The molecule has 0 aliphatic carbocycles. The van der Waals surface area contributed by atoms with Gasteiger partial charge in [-0.15, -0.1) is 0 Å². The van der Waals surface area contributed by atoms with Crippen molar-refractivity contribution in [3.05, 3.63) is 72.8 Å². The summed E-state index contributed by atoms with van der Waals surface area (Å²) >= 11 is 0. The van der Waals surface area contributed by atoms with E-state index in [1.165, 1.54) is 0 Å². The molecule has 2 nitrogen and oxygen atoms in total. The molecule has 0 heterocycles. The first-order chi connectivity index (χ1) is 7.73. The maximum absolute atomic E-state index is 9.00. The van der Waals surface area contributed by atoms with Crippen molar-refractivity contribution in [1.29, 1.82) is 0 Å². The second kappa shape index (κ2) is 14.8. The third-order valence-electron chi connectivity index (χ3n) is 1.33. The molecule has 17 heavy (non-hydrogen) atoms. The van der Waals surface area contributed by atoms with Gasteiger partial charge in [-0.3, -0.25) is 4.79 Å². The number of carbonyl (C=O) groups is 1. The molecule has 3 heteroatoms. The van der Waals surface area contributed by atoms with E-state index >= 15 is 0 Å². The summed E-state index contributed by atoms with van der Waals surface area (Å²) in [5.41, 5.74) is 0. The standard InChI is InChI=1S/2C6H6.C2H4O2.Hg/c2*1-2-4-6-5-3-1;1-2(3)4;/h2*1-6H;1H3,(H,3,4);. The van der Waals surface area contributed by atoms with E-state index in [9.17, 15) is 0 Å². The summed E-state index contributed by atoms with van der Waals surface area (Å²) in [5, 5.41) is 7.42. The van der Waals surface area contributed by atoms with E-state index in [2.05, 4.69) is 0 Å². The smallest absolute Gasteiger partial charge is 0.300 e. The molecule has 0 bridgehead atoms. The van der Waals surface area contributed by atoms with E-state index in [1.54, 1.807) is 0 Å². The van der Waals surface area contributed by atoms with Crippen molar-refractivity contribution < 1.29 is 37.6 Å². The van der Waals surface area contributed by atoms with E-state index < -0.39 is 5.97 Å². The average Bonchev–Trinajstić information content (AvgIpc) is 2.34. The fourth-order valence-electron chi connectivity index (χ4n) is 0.770. The molecule has 2 rings (SSSR count). The minimum atomic E-state index is -0.833. The van der Waals surface area contributed by atoms with Gasteiger partial charge in [0.15, 0.2) is 0 Å². The molecule has 0 saturated carbocycles. The first kappa shape index (κ1) is 18.2. The molecule has 0 atom stereocenters. The summed E-state index contributed by atoms with van der Waals surface area (Å²) in [6, 6.07) is 24.0. The summed E-state index contributed by atoms with van der Waals surface area (Å²) in [6.45, 7) is 1.08. The van der Waals surface area contributed by atoms with Gasteiger partial charge in [0.2, 0.25) is 0 Å². The largest absolute Gasteiger partial charge is 0.481 e. The first-order valence-electron chi connectivity index (χ1n) is 4.93. The number of benzene rings is 2. The second-order valence-corrected chi connectivity index (χ2v) is 2.83. The molecule has 0 unspecified atom stereocenters. The van der Waals surface area contributed by atoms with Gasteiger partial charge in [-0.1, -0.05) is 72.8 Å². The maximum atomic E-state index is 9.00. The molecule has 0 aliphatic rings. The Bertz CT molecular complexity index is 260. The van der Waals surface area contributed by atoms with Gasteiger partial charge in [-0.25, -0.2) is 0 Å². The monoisotopic (exact) mass is 418 g/mol. The number of carboxylic acids is 1. The molecule has 0 aliphatic heterocycles. The van der Waals surface area contributed by atoms with Crippen LogP contribution in [0.2, 0.25) is 0 Å². The third kappa shape index (κ3) is 20.8. The molecule has 0 aromatic heterocycles. The summed E-state index contributed by atoms with van der Waals surface area (Å²) < 4.78 is 0. The van der Waals surface area contributed by atoms with Crippen LogP contribution >= 0.6 is 0 Å². The quantitative estimate of drug-likeness (QED) is 0.668. The van der Waals surface area contributed by atoms with Crippen LogP contribution in [0.15, 0.2) is 72.8 Å². The molecule has 0 amide bonds. The van der Waals surface area contributed by atoms with Gasteiger partial charge in [0.1, 0.15) is 0 Å². The van der Waals surface area contributed by atoms with Crippen molar-refractivity contribution in [3.8, 4) is 0 Å². The Morgan fingerprint density at radius 1 is 0.647 bits per heavy atom. The van der Waals surface area contributed by atoms with Crippen LogP contribution in [0.25, 0.3) is 0 Å². The zero-order valence-electron chi connectivity index (χ0n) is 9.99. The summed E-state index contributed by atoms with van der Waals surface area (Å²) in [4.78, 5) is 9.00. The van der Waals surface area contributed by atoms with Crippen LogP contribution in [0.4, 0.5) is 0 Å². The van der Waals surface area contributed by atoms with Gasteiger partial charge >= 0.3 is 0 Å². The van der Waals surface area contributed by atoms with Crippen molar-refractivity contribution in [2.45, 2.75) is 6.92 Å². The third-order valence-corrected chi connectivity index (χ3v) is 1.33. The summed E-state index contributed by atoms with van der Waals surface area (Å²) in [6.07, 6.45) is 0. The molecule has 0 fully saturated rings.